The number of nitriles is 2. The molecule has 0 aliphatic heterocycles. The van der Waals surface area contributed by atoms with Crippen molar-refractivity contribution in [1.82, 2.24) is 39.9 Å². The molecular formula is C66H71F18Fe4N18O29S6-. The van der Waals surface area contributed by atoms with Gasteiger partial charge in [-0.3, -0.25) is 19.9 Å². The summed E-state index contributed by atoms with van der Waals surface area (Å²) in [6.07, 6.45) is 6.53. The Balaban J connectivity index is -0.0000000995. The molecule has 8 aromatic heterocycles. The zero-order chi connectivity index (χ0) is 102. The fraction of sp³-hybridized carbons (Fsp3) is 0.242. The molecule has 141 heavy (non-hydrogen) atoms. The minimum Gasteiger partial charge on any atom is -0.856 e. The van der Waals surface area contributed by atoms with Crippen LogP contribution in [0.3, 0.4) is 0 Å². The third-order valence-electron chi connectivity index (χ3n) is 11.8. The average molecular weight is 2340 g/mol. The Morgan fingerprint density at radius 1 is 0.298 bits per heavy atom. The number of nitrogens with zero attached hydrogens (tertiary/aromatic N) is 18. The third kappa shape index (κ3) is 66.2. The standard InChI is InChI=1S/2C26H22N8O2.C4H10O.2C2H3N.6CHF3O3S.4Fe.6H2O/c2*1-17(19-9-3-5-15-27-19)31-33-25(35)23-13-7-11-21(29-23)22-12-8-14-24(30-22)26(36)34-32-18(2)20-10-4-6-16-28-20;1-3-5-4-2;2*1-2-3;6*2-1(3,4)8(5,6)7;;;;;;;;;;/h2*3-16H,1-2H3,(H,33,35)(H,34,36);3-4H2,1-2H3;2*1H3;6*(H,5,6,7);;;;;6*1H2/q;;;;;;;;;;;;3*+2;;;;;;/p-7/b2*31-17+,32-18+;;;;;;;;;;;;;;;;;;;. The van der Waals surface area contributed by atoms with Crippen molar-refractivity contribution in [3.05, 3.63) is 216 Å². The number of hydrogen-bond acceptors (Lipinski definition) is 41. The zero-order valence-corrected chi connectivity index (χ0v) is 80.0. The molecule has 0 amide bonds. The van der Waals surface area contributed by atoms with Gasteiger partial charge in [0.05, 0.1) is 103 Å². The van der Waals surface area contributed by atoms with Gasteiger partial charge in [-0.15, -0.1) is 0 Å². The van der Waals surface area contributed by atoms with E-state index in [9.17, 15) is 99.5 Å². The Bertz CT molecular complexity index is 5320. The van der Waals surface area contributed by atoms with Crippen LogP contribution in [0, 0.1) is 22.7 Å². The van der Waals surface area contributed by atoms with Crippen LogP contribution in [-0.4, -0.2) is 243 Å². The van der Waals surface area contributed by atoms with Crippen molar-refractivity contribution in [2.75, 3.05) is 13.2 Å². The van der Waals surface area contributed by atoms with Crippen LogP contribution in [0.2, 0.25) is 0 Å². The Morgan fingerprint density at radius 3 is 0.525 bits per heavy atom. The smallest absolute Gasteiger partial charge is 0.856 e. The van der Waals surface area contributed by atoms with Crippen molar-refractivity contribution < 1.29 is 287 Å². The summed E-state index contributed by atoms with van der Waals surface area (Å²) < 4.78 is 358. The molecule has 8 heterocycles. The van der Waals surface area contributed by atoms with Gasteiger partial charge in [0.1, 0.15) is 0 Å². The summed E-state index contributed by atoms with van der Waals surface area (Å²) in [6.45, 7) is 15.4. The Morgan fingerprint density at radius 2 is 0.426 bits per heavy atom. The summed E-state index contributed by atoms with van der Waals surface area (Å²) in [4.78, 5) is 34.0. The molecule has 0 atom stereocenters. The van der Waals surface area contributed by atoms with E-state index in [2.05, 4.69) is 80.7 Å². The SMILES string of the molecule is C/C(=N\N=C(/[O-])c1cccc(-c2cccc(/C([O-])=N/N=C(\C)c3ccccn3)n2)n1)c1ccccn1.C/C(=N\N=C(/[O-])c1cccc(-c2cccc(/C([O-])=N/N=C(\C)c3ccccn3)n2)n1)c1ccccn1.CC#N.CC#N.CCOCC.O.O.O.O.O.O.O=S(=O)([O-])C(F)(F)F.O=S(=O)([O-])C(F)(F)F.O=S(=O)([O-])C(F)(F)F.O=S(=O)([O-])C(F)(F)F.O=S(=O)([O-])C(F)(F)F.O=S(=O)([O-])C(F)(F)F.[Fe+2].[Fe+2].[Fe+2].[Fe].[H+].[H+].[H+]. The largest absolute Gasteiger partial charge is 2.00 e. The molecule has 794 valence electrons. The first kappa shape index (κ1) is 158. The molecule has 0 saturated carbocycles. The van der Waals surface area contributed by atoms with Crippen molar-refractivity contribution in [3.63, 3.8) is 0 Å². The predicted molar refractivity (Wildman–Crippen MR) is 431 cm³/mol. The summed E-state index contributed by atoms with van der Waals surface area (Å²) in [5, 5.41) is 95.7. The summed E-state index contributed by atoms with van der Waals surface area (Å²) in [6, 6.07) is 44.5. The fourth-order valence-corrected chi connectivity index (χ4v) is 6.19. The van der Waals surface area contributed by atoms with Crippen LogP contribution >= 0.6 is 0 Å². The van der Waals surface area contributed by atoms with Gasteiger partial charge in [-0.25, -0.2) is 70.4 Å². The predicted octanol–water partition coefficient (Wildman–Crippen LogP) is 1.78. The van der Waals surface area contributed by atoms with Gasteiger partial charge in [-0.05, 0) is 139 Å². The first-order valence-electron chi connectivity index (χ1n) is 32.8. The van der Waals surface area contributed by atoms with Gasteiger partial charge in [-0.1, -0.05) is 48.5 Å². The van der Waals surface area contributed by atoms with E-state index < -0.39 is 117 Å². The van der Waals surface area contributed by atoms with Crippen LogP contribution < -0.4 is 20.4 Å². The number of halogens is 18. The first-order valence-corrected chi connectivity index (χ1v) is 41.3. The van der Waals surface area contributed by atoms with Gasteiger partial charge < -0.3 is 85.3 Å². The number of pyridine rings is 8. The Labute approximate surface area is 833 Å². The van der Waals surface area contributed by atoms with Gasteiger partial charge in [0.25, 0.3) is 0 Å². The molecule has 0 fully saturated rings. The molecule has 8 rings (SSSR count). The van der Waals surface area contributed by atoms with Crippen LogP contribution in [-0.2, 0) is 134 Å². The maximum atomic E-state index is 12.5. The van der Waals surface area contributed by atoms with E-state index in [-0.39, 0.29) is 128 Å². The Kier molecular flexibility index (Phi) is 81.6. The number of alkyl halides is 18. The molecule has 47 nitrogen and oxygen atoms in total. The molecule has 12 N–H and O–H groups in total. The molecule has 8 aromatic rings. The van der Waals surface area contributed by atoms with E-state index in [1.54, 1.807) is 162 Å². The van der Waals surface area contributed by atoms with E-state index in [1.165, 1.54) is 38.1 Å². The Hall–Kier alpha value is -11.3. The fourth-order valence-electron chi connectivity index (χ4n) is 6.19. The second-order valence-electron chi connectivity index (χ2n) is 21.5. The van der Waals surface area contributed by atoms with Crippen LogP contribution in [0.25, 0.3) is 22.8 Å². The molecule has 0 aromatic carbocycles. The normalized spacial score (nSPS) is 11.8. The molecule has 0 aliphatic rings. The van der Waals surface area contributed by atoms with Crippen LogP contribution in [0.15, 0.2) is 211 Å². The molecule has 0 unspecified atom stereocenters. The van der Waals surface area contributed by atoms with E-state index >= 15 is 0 Å². The summed E-state index contributed by atoms with van der Waals surface area (Å²) in [5.74, 6) is -2.47. The van der Waals surface area contributed by atoms with Gasteiger partial charge >= 0.3 is 88.5 Å². The van der Waals surface area contributed by atoms with E-state index in [1.807, 2.05) is 38.1 Å². The van der Waals surface area contributed by atoms with Crippen LogP contribution in [0.5, 0.6) is 0 Å². The number of rotatable bonds is 16. The molecule has 0 saturated heterocycles. The summed E-state index contributed by atoms with van der Waals surface area (Å²) >= 11 is 0. The topological polar surface area (TPSA) is 883 Å². The van der Waals surface area contributed by atoms with Crippen molar-refractivity contribution in [2.24, 2.45) is 40.8 Å². The summed E-state index contributed by atoms with van der Waals surface area (Å²) in [7, 11) is -36.5. The van der Waals surface area contributed by atoms with Gasteiger partial charge in [-0.2, -0.15) is 130 Å². The van der Waals surface area contributed by atoms with Crippen LogP contribution in [0.4, 0.5) is 79.0 Å². The number of aromatic nitrogens is 8. The maximum absolute atomic E-state index is 12.5. The van der Waals surface area contributed by atoms with E-state index in [0.717, 1.165) is 13.2 Å². The zero-order valence-electron chi connectivity index (χ0n) is 73.7. The average Bonchev–Trinajstić information content (AvgIpc) is 0.826. The van der Waals surface area contributed by atoms with Crippen molar-refractivity contribution >= 4 is 107 Å². The van der Waals surface area contributed by atoms with Crippen LogP contribution in [0.1, 0.15) is 105 Å². The minimum absolute atomic E-state index is 0. The number of hydrogen-bond donors (Lipinski definition) is 0. The number of ether oxygens (including phenoxy) is 1. The molecule has 0 spiro atoms. The second-order valence-corrected chi connectivity index (χ2v) is 29.7. The van der Waals surface area contributed by atoms with Crippen molar-refractivity contribution in [3.8, 4) is 34.9 Å². The first-order chi connectivity index (χ1) is 59.8. The van der Waals surface area contributed by atoms with Gasteiger partial charge in [0.2, 0.25) is 0 Å². The van der Waals surface area contributed by atoms with Gasteiger partial charge in [0, 0.05) is 92.5 Å². The minimum atomic E-state index is -6.09. The molecule has 0 bridgehead atoms. The van der Waals surface area contributed by atoms with E-state index in [4.69, 9.17) is 93.1 Å². The molecular weight excluding hydrogens is 2270 g/mol. The molecule has 0 aliphatic carbocycles. The quantitative estimate of drug-likeness (QED) is 0.0253. The van der Waals surface area contributed by atoms with E-state index in [0.29, 0.717) is 68.4 Å². The van der Waals surface area contributed by atoms with Crippen molar-refractivity contribution in [1.29, 1.82) is 10.5 Å². The summed E-state index contributed by atoms with van der Waals surface area (Å²) in [5.41, 5.74) is -27.5. The molecule has 0 radical (unpaired) electrons. The van der Waals surface area contributed by atoms with Gasteiger partial charge in [0.15, 0.2) is 60.7 Å². The van der Waals surface area contributed by atoms with Crippen molar-refractivity contribution in [2.45, 2.75) is 88.4 Å². The third-order valence-corrected chi connectivity index (χ3v) is 15.2. The monoisotopic (exact) mass is 2340 g/mol. The molecule has 75 heteroatoms. The second kappa shape index (κ2) is 72.9. The maximum Gasteiger partial charge on any atom is 2.00 e.